The van der Waals surface area contributed by atoms with Crippen LogP contribution in [0.5, 0.6) is 0 Å². The molecule has 14 heteroatoms. The minimum Gasteiger partial charge on any atom is -0.481 e. The Hall–Kier alpha value is -3.26. The summed E-state index contributed by atoms with van der Waals surface area (Å²) in [4.78, 5) is 71.7. The number of amides is 4. The maximum Gasteiger partial charge on any atom is 0.326 e. The number of aliphatic carboxylic acids is 2. The number of nitrogens with two attached hydrogens (primary N) is 2. The van der Waals surface area contributed by atoms with Crippen LogP contribution in [0.1, 0.15) is 51.4 Å². The molecule has 1 aliphatic rings. The van der Waals surface area contributed by atoms with Gasteiger partial charge in [-0.25, -0.2) is 4.79 Å². The first kappa shape index (κ1) is 28.8. The molecule has 192 valence electrons. The maximum absolute atomic E-state index is 12.9. The zero-order valence-electron chi connectivity index (χ0n) is 18.9. The predicted octanol–water partition coefficient (Wildman–Crippen LogP) is -2.85. The first-order valence-corrected chi connectivity index (χ1v) is 11.1. The van der Waals surface area contributed by atoms with Crippen molar-refractivity contribution in [2.75, 3.05) is 13.1 Å². The molecule has 4 unspecified atom stereocenters. The number of nitrogens with one attached hydrogen (secondary N) is 4. The van der Waals surface area contributed by atoms with Crippen LogP contribution in [0.25, 0.3) is 0 Å². The van der Waals surface area contributed by atoms with Gasteiger partial charge in [-0.05, 0) is 51.6 Å². The molecule has 4 atom stereocenters. The van der Waals surface area contributed by atoms with Gasteiger partial charge in [0.05, 0.1) is 12.5 Å². The highest BCUT2D eigenvalue weighted by Crippen LogP contribution is 2.08. The van der Waals surface area contributed by atoms with E-state index in [1.54, 1.807) is 0 Å². The van der Waals surface area contributed by atoms with Gasteiger partial charge in [-0.2, -0.15) is 0 Å². The first-order valence-electron chi connectivity index (χ1n) is 11.1. The number of carbonyl (C=O) groups excluding carboxylic acids is 4. The van der Waals surface area contributed by atoms with Crippen molar-refractivity contribution in [1.82, 2.24) is 21.3 Å². The summed E-state index contributed by atoms with van der Waals surface area (Å²) in [6, 6.07) is -4.54. The van der Waals surface area contributed by atoms with Crippen LogP contribution in [0.2, 0.25) is 0 Å². The second-order valence-corrected chi connectivity index (χ2v) is 8.06. The Labute approximate surface area is 196 Å². The summed E-state index contributed by atoms with van der Waals surface area (Å²) in [6.45, 7) is 0.966. The summed E-state index contributed by atoms with van der Waals surface area (Å²) in [6.07, 6.45) is 1.04. The molecule has 0 saturated carbocycles. The van der Waals surface area contributed by atoms with E-state index in [2.05, 4.69) is 21.3 Å². The fraction of sp³-hybridized carbons (Fsp3) is 0.700. The standard InChI is InChI=1S/C20H34N6O8/c21-8-2-1-4-12(18(31)25-13(20(33)34)6-7-16(28)29)24-19(32)14(10-15(22)27)26-17(30)11-5-3-9-23-11/h11-14,23H,1-10,21H2,(H2,22,27)(H,24,32)(H,25,31)(H,26,30)(H,28,29)(H,33,34). The molecule has 34 heavy (non-hydrogen) atoms. The molecule has 0 aromatic rings. The Balaban J connectivity index is 2.92. The lowest BCUT2D eigenvalue weighted by Crippen LogP contribution is -2.57. The van der Waals surface area contributed by atoms with Gasteiger partial charge in [0.2, 0.25) is 23.6 Å². The smallest absolute Gasteiger partial charge is 0.326 e. The van der Waals surface area contributed by atoms with E-state index < -0.39 is 72.6 Å². The van der Waals surface area contributed by atoms with Crippen LogP contribution in [0.4, 0.5) is 0 Å². The number of primary amides is 1. The van der Waals surface area contributed by atoms with E-state index in [1.807, 2.05) is 0 Å². The molecular formula is C20H34N6O8. The van der Waals surface area contributed by atoms with Crippen molar-refractivity contribution in [2.45, 2.75) is 75.5 Å². The first-order chi connectivity index (χ1) is 16.0. The SMILES string of the molecule is NCCCCC(NC(=O)C(CC(N)=O)NC(=O)C1CCCN1)C(=O)NC(CCC(=O)O)C(=O)O. The van der Waals surface area contributed by atoms with Gasteiger partial charge in [0.25, 0.3) is 0 Å². The topological polar surface area (TPSA) is 243 Å². The highest BCUT2D eigenvalue weighted by atomic mass is 16.4. The number of carbonyl (C=O) groups is 6. The van der Waals surface area contributed by atoms with Gasteiger partial charge in [0, 0.05) is 6.42 Å². The predicted molar refractivity (Wildman–Crippen MR) is 118 cm³/mol. The Morgan fingerprint density at radius 2 is 1.56 bits per heavy atom. The molecule has 0 aromatic carbocycles. The number of carboxylic acids is 2. The van der Waals surface area contributed by atoms with Gasteiger partial charge in [0.1, 0.15) is 18.1 Å². The summed E-state index contributed by atoms with van der Waals surface area (Å²) in [5.41, 5.74) is 10.7. The van der Waals surface area contributed by atoms with Crippen LogP contribution < -0.4 is 32.7 Å². The molecule has 1 heterocycles. The number of hydrogen-bond acceptors (Lipinski definition) is 8. The monoisotopic (exact) mass is 486 g/mol. The van der Waals surface area contributed by atoms with E-state index in [0.717, 1.165) is 6.42 Å². The van der Waals surface area contributed by atoms with E-state index in [0.29, 0.717) is 32.4 Å². The molecule has 1 rings (SSSR count). The highest BCUT2D eigenvalue weighted by molar-refractivity contribution is 5.96. The Kier molecular flexibility index (Phi) is 12.5. The van der Waals surface area contributed by atoms with Gasteiger partial charge in [-0.15, -0.1) is 0 Å². The third-order valence-electron chi connectivity index (χ3n) is 5.26. The second kappa shape index (κ2) is 14.8. The van der Waals surface area contributed by atoms with Crippen molar-refractivity contribution in [3.05, 3.63) is 0 Å². The molecule has 0 radical (unpaired) electrons. The normalized spacial score (nSPS) is 17.7. The van der Waals surface area contributed by atoms with Crippen molar-refractivity contribution >= 4 is 35.6 Å². The Morgan fingerprint density at radius 1 is 0.912 bits per heavy atom. The molecule has 1 fully saturated rings. The molecule has 14 nitrogen and oxygen atoms in total. The van der Waals surface area contributed by atoms with E-state index in [-0.39, 0.29) is 12.8 Å². The lowest BCUT2D eigenvalue weighted by atomic mass is 10.1. The molecule has 0 spiro atoms. The van der Waals surface area contributed by atoms with Crippen molar-refractivity contribution in [2.24, 2.45) is 11.5 Å². The summed E-state index contributed by atoms with van der Waals surface area (Å²) >= 11 is 0. The molecule has 0 bridgehead atoms. The average Bonchev–Trinajstić information content (AvgIpc) is 3.29. The fourth-order valence-corrected chi connectivity index (χ4v) is 3.42. The van der Waals surface area contributed by atoms with E-state index >= 15 is 0 Å². The lowest BCUT2D eigenvalue weighted by Gasteiger charge is -2.24. The van der Waals surface area contributed by atoms with E-state index in [1.165, 1.54) is 0 Å². The van der Waals surface area contributed by atoms with Crippen LogP contribution in [0.15, 0.2) is 0 Å². The molecule has 1 aliphatic heterocycles. The Morgan fingerprint density at radius 3 is 2.09 bits per heavy atom. The molecule has 1 saturated heterocycles. The number of carboxylic acid groups (broad SMARTS) is 2. The van der Waals surface area contributed by atoms with Gasteiger partial charge in [0.15, 0.2) is 0 Å². The highest BCUT2D eigenvalue weighted by Gasteiger charge is 2.32. The molecule has 4 amide bonds. The quantitative estimate of drug-likeness (QED) is 0.104. The number of rotatable bonds is 16. The van der Waals surface area contributed by atoms with Crippen molar-refractivity contribution in [3.8, 4) is 0 Å². The van der Waals surface area contributed by atoms with Crippen LogP contribution in [0, 0.1) is 0 Å². The second-order valence-electron chi connectivity index (χ2n) is 8.06. The lowest BCUT2D eigenvalue weighted by molar-refractivity contribution is -0.143. The van der Waals surface area contributed by atoms with E-state index in [4.69, 9.17) is 16.6 Å². The summed E-state index contributed by atoms with van der Waals surface area (Å²) in [7, 11) is 0. The van der Waals surface area contributed by atoms with Gasteiger partial charge < -0.3 is 42.9 Å². The molecular weight excluding hydrogens is 452 g/mol. The Bertz CT molecular complexity index is 755. The summed E-state index contributed by atoms with van der Waals surface area (Å²) < 4.78 is 0. The molecule has 0 aromatic heterocycles. The zero-order chi connectivity index (χ0) is 25.7. The van der Waals surface area contributed by atoms with Gasteiger partial charge in [-0.3, -0.25) is 24.0 Å². The minimum atomic E-state index is -1.48. The maximum atomic E-state index is 12.9. The van der Waals surface area contributed by atoms with Crippen LogP contribution in [0.3, 0.4) is 0 Å². The number of unbranched alkanes of at least 4 members (excludes halogenated alkanes) is 1. The van der Waals surface area contributed by atoms with Crippen LogP contribution in [-0.4, -0.2) is 83.0 Å². The van der Waals surface area contributed by atoms with Gasteiger partial charge >= 0.3 is 11.9 Å². The van der Waals surface area contributed by atoms with Crippen LogP contribution in [-0.2, 0) is 28.8 Å². The molecule has 0 aliphatic carbocycles. The van der Waals surface area contributed by atoms with Crippen LogP contribution >= 0.6 is 0 Å². The third-order valence-corrected chi connectivity index (χ3v) is 5.26. The average molecular weight is 487 g/mol. The van der Waals surface area contributed by atoms with Crippen molar-refractivity contribution in [3.63, 3.8) is 0 Å². The minimum absolute atomic E-state index is 0.0987. The largest absolute Gasteiger partial charge is 0.481 e. The fourth-order valence-electron chi connectivity index (χ4n) is 3.42. The van der Waals surface area contributed by atoms with Gasteiger partial charge in [-0.1, -0.05) is 0 Å². The van der Waals surface area contributed by atoms with E-state index in [9.17, 15) is 33.9 Å². The van der Waals surface area contributed by atoms with Crippen molar-refractivity contribution in [1.29, 1.82) is 0 Å². The number of hydrogen-bond donors (Lipinski definition) is 8. The van der Waals surface area contributed by atoms with Crippen molar-refractivity contribution < 1.29 is 39.0 Å². The summed E-state index contributed by atoms with van der Waals surface area (Å²) in [5.74, 6) is -5.66. The summed E-state index contributed by atoms with van der Waals surface area (Å²) in [5, 5.41) is 28.2. The molecule has 10 N–H and O–H groups in total. The third kappa shape index (κ3) is 10.6. The zero-order valence-corrected chi connectivity index (χ0v) is 18.9.